The Morgan fingerprint density at radius 2 is 2.00 bits per heavy atom. The van der Waals surface area contributed by atoms with Crippen LogP contribution in [0, 0.1) is 24.5 Å². The van der Waals surface area contributed by atoms with E-state index in [1.807, 2.05) is 0 Å². The van der Waals surface area contributed by atoms with Crippen molar-refractivity contribution >= 4 is 23.3 Å². The van der Waals surface area contributed by atoms with Gasteiger partial charge in [0.05, 0.1) is 5.92 Å². The van der Waals surface area contributed by atoms with Crippen LogP contribution in [0.1, 0.15) is 12.1 Å². The highest BCUT2D eigenvalue weighted by atomic mass is 19.1. The van der Waals surface area contributed by atoms with E-state index in [9.17, 15) is 23.2 Å². The zero-order valence-electron chi connectivity index (χ0n) is 13.2. The van der Waals surface area contributed by atoms with E-state index in [-0.39, 0.29) is 18.8 Å². The molecule has 1 saturated heterocycles. The molecule has 1 fully saturated rings. The summed E-state index contributed by atoms with van der Waals surface area (Å²) in [5, 5.41) is 2.45. The molecule has 9 heteroatoms. The summed E-state index contributed by atoms with van der Waals surface area (Å²) in [7, 11) is 0. The topological polar surface area (TPSA) is 95.2 Å². The van der Waals surface area contributed by atoms with Crippen LogP contribution in [-0.2, 0) is 9.59 Å². The monoisotopic (exact) mass is 348 g/mol. The van der Waals surface area contributed by atoms with E-state index in [2.05, 4.69) is 15.3 Å². The second kappa shape index (κ2) is 6.42. The lowest BCUT2D eigenvalue weighted by Gasteiger charge is -2.18. The summed E-state index contributed by atoms with van der Waals surface area (Å²) in [6, 6.07) is 4.74. The zero-order valence-corrected chi connectivity index (χ0v) is 13.2. The van der Waals surface area contributed by atoms with Crippen LogP contribution in [0.25, 0.3) is 0 Å². The van der Waals surface area contributed by atoms with Gasteiger partial charge in [-0.3, -0.25) is 9.59 Å². The molecule has 1 aliphatic heterocycles. The lowest BCUT2D eigenvalue weighted by Crippen LogP contribution is -2.30. The third-order valence-corrected chi connectivity index (χ3v) is 3.83. The summed E-state index contributed by atoms with van der Waals surface area (Å²) in [5.74, 6) is -3.62. The number of rotatable bonds is 3. The van der Waals surface area contributed by atoms with E-state index in [1.165, 1.54) is 12.1 Å². The van der Waals surface area contributed by atoms with Crippen molar-refractivity contribution in [1.29, 1.82) is 0 Å². The minimum absolute atomic E-state index is 0.0502. The van der Waals surface area contributed by atoms with Gasteiger partial charge in [-0.2, -0.15) is 4.98 Å². The molecule has 0 spiro atoms. The molecule has 25 heavy (non-hydrogen) atoms. The van der Waals surface area contributed by atoms with Crippen LogP contribution in [0.3, 0.4) is 0 Å². The number of aromatic nitrogens is 2. The Hall–Kier alpha value is -3.10. The summed E-state index contributed by atoms with van der Waals surface area (Å²) in [6.45, 7) is 1.46. The molecule has 1 aromatic carbocycles. The fraction of sp³-hybridized carbons (Fsp3) is 0.250. The molecular formula is C16H14F2N4O3. The van der Waals surface area contributed by atoms with Crippen molar-refractivity contribution in [3.05, 3.63) is 52.1 Å². The SMILES string of the molecule is Cc1cc(NC(=O)C2CC(=O)N(c3c(F)cccc3F)C2)nc(=O)[nH]1. The number of carbonyl (C=O) groups excluding carboxylic acids is 2. The van der Waals surface area contributed by atoms with Crippen molar-refractivity contribution in [3.8, 4) is 0 Å². The smallest absolute Gasteiger partial charge is 0.310 e. The predicted octanol–water partition coefficient (Wildman–Crippen LogP) is 1.35. The van der Waals surface area contributed by atoms with Gasteiger partial charge in [0.2, 0.25) is 11.8 Å². The first-order valence-corrected chi connectivity index (χ1v) is 7.48. The van der Waals surface area contributed by atoms with Gasteiger partial charge in [-0.15, -0.1) is 0 Å². The number of para-hydroxylation sites is 1. The maximum atomic E-state index is 13.9. The number of amides is 2. The van der Waals surface area contributed by atoms with Crippen LogP contribution in [0.2, 0.25) is 0 Å². The van der Waals surface area contributed by atoms with Crippen molar-refractivity contribution in [1.82, 2.24) is 9.97 Å². The van der Waals surface area contributed by atoms with Gasteiger partial charge in [-0.1, -0.05) is 6.07 Å². The molecule has 3 rings (SSSR count). The molecular weight excluding hydrogens is 334 g/mol. The lowest BCUT2D eigenvalue weighted by atomic mass is 10.1. The van der Waals surface area contributed by atoms with Crippen LogP contribution in [0.5, 0.6) is 0 Å². The summed E-state index contributed by atoms with van der Waals surface area (Å²) < 4.78 is 27.7. The fourth-order valence-electron chi connectivity index (χ4n) is 2.72. The largest absolute Gasteiger partial charge is 0.347 e. The van der Waals surface area contributed by atoms with Gasteiger partial charge in [-0.05, 0) is 19.1 Å². The zero-order chi connectivity index (χ0) is 18.1. The lowest BCUT2D eigenvalue weighted by molar-refractivity contribution is -0.122. The van der Waals surface area contributed by atoms with Crippen molar-refractivity contribution in [2.24, 2.45) is 5.92 Å². The van der Waals surface area contributed by atoms with Crippen LogP contribution in [-0.4, -0.2) is 28.3 Å². The van der Waals surface area contributed by atoms with E-state index >= 15 is 0 Å². The highest BCUT2D eigenvalue weighted by Crippen LogP contribution is 2.30. The molecule has 1 atom stereocenters. The molecule has 0 bridgehead atoms. The second-order valence-corrected chi connectivity index (χ2v) is 5.72. The number of anilines is 2. The molecule has 1 unspecified atom stereocenters. The maximum absolute atomic E-state index is 13.9. The number of benzene rings is 1. The molecule has 2 N–H and O–H groups in total. The average Bonchev–Trinajstić information content (AvgIpc) is 2.88. The Balaban J connectivity index is 1.78. The summed E-state index contributed by atoms with van der Waals surface area (Å²) in [6.07, 6.45) is -0.193. The second-order valence-electron chi connectivity index (χ2n) is 5.72. The Labute approximate surface area is 140 Å². The van der Waals surface area contributed by atoms with Crippen molar-refractivity contribution in [2.45, 2.75) is 13.3 Å². The molecule has 7 nitrogen and oxygen atoms in total. The van der Waals surface area contributed by atoms with Gasteiger partial charge in [-0.25, -0.2) is 13.6 Å². The summed E-state index contributed by atoms with van der Waals surface area (Å²) in [4.78, 5) is 42.7. The number of nitrogens with zero attached hydrogens (tertiary/aromatic N) is 2. The van der Waals surface area contributed by atoms with Gasteiger partial charge >= 0.3 is 5.69 Å². The van der Waals surface area contributed by atoms with Gasteiger partial charge in [0.25, 0.3) is 0 Å². The normalized spacial score (nSPS) is 17.0. The molecule has 2 aromatic rings. The number of aryl methyl sites for hydroxylation is 1. The van der Waals surface area contributed by atoms with E-state index < -0.39 is 40.7 Å². The number of halogens is 2. The molecule has 2 heterocycles. The minimum Gasteiger partial charge on any atom is -0.310 e. The van der Waals surface area contributed by atoms with Gasteiger partial charge in [0.15, 0.2) is 0 Å². The van der Waals surface area contributed by atoms with Gasteiger partial charge < -0.3 is 15.2 Å². The molecule has 1 aliphatic rings. The van der Waals surface area contributed by atoms with Crippen LogP contribution >= 0.6 is 0 Å². The molecule has 2 amide bonds. The fourth-order valence-corrected chi connectivity index (χ4v) is 2.72. The summed E-state index contributed by atoms with van der Waals surface area (Å²) in [5.41, 5.74) is -0.575. The Morgan fingerprint density at radius 3 is 2.64 bits per heavy atom. The van der Waals surface area contributed by atoms with E-state index in [0.29, 0.717) is 5.69 Å². The quantitative estimate of drug-likeness (QED) is 0.875. The standard InChI is InChI=1S/C16H14F2N4O3/c1-8-5-12(21-16(25)19-8)20-15(24)9-6-13(23)22(7-9)14-10(17)3-2-4-11(14)18/h2-5,9H,6-7H2,1H3,(H2,19,20,21,24,25). The Bertz CT molecular complexity index is 892. The van der Waals surface area contributed by atoms with Crippen molar-refractivity contribution in [2.75, 3.05) is 16.8 Å². The Morgan fingerprint density at radius 1 is 1.32 bits per heavy atom. The number of hydrogen-bond donors (Lipinski definition) is 2. The number of nitrogens with one attached hydrogen (secondary N) is 2. The predicted molar refractivity (Wildman–Crippen MR) is 85.0 cm³/mol. The first kappa shape index (κ1) is 16.7. The molecule has 0 saturated carbocycles. The number of carbonyl (C=O) groups is 2. The van der Waals surface area contributed by atoms with Crippen LogP contribution in [0.4, 0.5) is 20.3 Å². The number of aromatic amines is 1. The third kappa shape index (κ3) is 3.39. The van der Waals surface area contributed by atoms with Crippen molar-refractivity contribution in [3.63, 3.8) is 0 Å². The van der Waals surface area contributed by atoms with Crippen LogP contribution in [0.15, 0.2) is 29.1 Å². The first-order chi connectivity index (χ1) is 11.8. The number of hydrogen-bond acceptors (Lipinski definition) is 4. The van der Waals surface area contributed by atoms with E-state index in [0.717, 1.165) is 17.0 Å². The highest BCUT2D eigenvalue weighted by Gasteiger charge is 2.37. The molecule has 1 aromatic heterocycles. The third-order valence-electron chi connectivity index (χ3n) is 3.83. The molecule has 130 valence electrons. The number of H-pyrrole nitrogens is 1. The average molecular weight is 348 g/mol. The summed E-state index contributed by atoms with van der Waals surface area (Å²) >= 11 is 0. The molecule has 0 radical (unpaired) electrons. The van der Waals surface area contributed by atoms with Gasteiger partial charge in [0, 0.05) is 24.7 Å². The van der Waals surface area contributed by atoms with Crippen molar-refractivity contribution < 1.29 is 18.4 Å². The van der Waals surface area contributed by atoms with E-state index in [1.54, 1.807) is 6.92 Å². The first-order valence-electron chi connectivity index (χ1n) is 7.48. The highest BCUT2D eigenvalue weighted by molar-refractivity contribution is 6.03. The maximum Gasteiger partial charge on any atom is 0.347 e. The van der Waals surface area contributed by atoms with E-state index in [4.69, 9.17) is 0 Å². The van der Waals surface area contributed by atoms with Crippen LogP contribution < -0.4 is 15.9 Å². The minimum atomic E-state index is -0.874. The Kier molecular flexibility index (Phi) is 4.30. The molecule has 0 aliphatic carbocycles. The van der Waals surface area contributed by atoms with Gasteiger partial charge in [0.1, 0.15) is 23.1 Å².